The van der Waals surface area contributed by atoms with Gasteiger partial charge in [-0.2, -0.15) is 0 Å². The molecular formula is C14H11BrN2O5S. The Morgan fingerprint density at radius 3 is 2.35 bits per heavy atom. The van der Waals surface area contributed by atoms with Gasteiger partial charge >= 0.3 is 0 Å². The van der Waals surface area contributed by atoms with E-state index in [1.165, 1.54) is 12.1 Å². The van der Waals surface area contributed by atoms with Crippen molar-refractivity contribution in [3.8, 4) is 34.1 Å². The minimum Gasteiger partial charge on any atom is -0.507 e. The molecule has 2 aromatic carbocycles. The molecule has 2 rings (SSSR count). The lowest BCUT2D eigenvalue weighted by molar-refractivity contribution is 0.0977. The fourth-order valence-electron chi connectivity index (χ4n) is 1.98. The average Bonchev–Trinajstić information content (AvgIpc) is 2.46. The summed E-state index contributed by atoms with van der Waals surface area (Å²) in [6.07, 6.45) is 0. The molecule has 0 saturated carbocycles. The molecule has 0 atom stereocenters. The van der Waals surface area contributed by atoms with E-state index >= 15 is 0 Å². The first-order chi connectivity index (χ1) is 10.7. The number of thiocarbonyl (C=S) groups is 1. The molecule has 120 valence electrons. The summed E-state index contributed by atoms with van der Waals surface area (Å²) in [5.74, 6) is -3.39. The molecule has 0 fully saturated rings. The maximum atomic E-state index is 12.2. The maximum absolute atomic E-state index is 12.2. The van der Waals surface area contributed by atoms with Crippen LogP contribution in [0.4, 0.5) is 0 Å². The quantitative estimate of drug-likeness (QED) is 0.335. The molecule has 0 bridgehead atoms. The van der Waals surface area contributed by atoms with Crippen molar-refractivity contribution in [1.29, 1.82) is 0 Å². The van der Waals surface area contributed by atoms with Gasteiger partial charge in [0.15, 0.2) is 16.6 Å². The second-order valence-corrected chi connectivity index (χ2v) is 5.85. The summed E-state index contributed by atoms with van der Waals surface area (Å²) in [6, 6.07) is 5.24. The molecule has 23 heavy (non-hydrogen) atoms. The van der Waals surface area contributed by atoms with E-state index in [2.05, 4.69) is 33.5 Å². The molecule has 0 saturated heterocycles. The van der Waals surface area contributed by atoms with Crippen molar-refractivity contribution in [2.75, 3.05) is 0 Å². The molecule has 0 heterocycles. The molecule has 7 N–H and O–H groups in total. The van der Waals surface area contributed by atoms with Crippen LogP contribution in [0.2, 0.25) is 0 Å². The van der Waals surface area contributed by atoms with Crippen LogP contribution in [0.1, 0.15) is 10.4 Å². The number of aromatic hydroxyl groups is 4. The van der Waals surface area contributed by atoms with Crippen molar-refractivity contribution in [1.82, 2.24) is 5.32 Å². The van der Waals surface area contributed by atoms with Crippen molar-refractivity contribution >= 4 is 39.2 Å². The number of nitrogens with one attached hydrogen (secondary N) is 1. The van der Waals surface area contributed by atoms with Gasteiger partial charge in [0.05, 0.1) is 5.56 Å². The van der Waals surface area contributed by atoms with Crippen molar-refractivity contribution < 1.29 is 25.2 Å². The monoisotopic (exact) mass is 398 g/mol. The lowest BCUT2D eigenvalue weighted by atomic mass is 9.96. The Hall–Kier alpha value is -2.52. The first-order valence-corrected chi connectivity index (χ1v) is 7.30. The second kappa shape index (κ2) is 6.31. The van der Waals surface area contributed by atoms with Gasteiger partial charge in [0.25, 0.3) is 5.91 Å². The second-order valence-electron chi connectivity index (χ2n) is 4.50. The van der Waals surface area contributed by atoms with Crippen molar-refractivity contribution in [3.63, 3.8) is 0 Å². The van der Waals surface area contributed by atoms with Crippen LogP contribution in [0.15, 0.2) is 28.7 Å². The third-order valence-corrected chi connectivity index (χ3v) is 3.56. The zero-order chi connectivity index (χ0) is 17.3. The Morgan fingerprint density at radius 1 is 1.09 bits per heavy atom. The lowest BCUT2D eigenvalue weighted by Crippen LogP contribution is -2.35. The van der Waals surface area contributed by atoms with Crippen LogP contribution in [-0.4, -0.2) is 31.4 Å². The van der Waals surface area contributed by atoms with Crippen LogP contribution in [0.3, 0.4) is 0 Å². The minimum atomic E-state index is -0.828. The third-order valence-electron chi connectivity index (χ3n) is 2.96. The Morgan fingerprint density at radius 2 is 1.74 bits per heavy atom. The largest absolute Gasteiger partial charge is 0.507 e. The Kier molecular flexibility index (Phi) is 4.62. The van der Waals surface area contributed by atoms with E-state index in [0.29, 0.717) is 4.47 Å². The first kappa shape index (κ1) is 16.8. The number of amides is 1. The highest BCUT2D eigenvalue weighted by atomic mass is 79.9. The zero-order valence-electron chi connectivity index (χ0n) is 11.4. The van der Waals surface area contributed by atoms with E-state index in [1.807, 2.05) is 0 Å². The van der Waals surface area contributed by atoms with Crippen LogP contribution < -0.4 is 11.1 Å². The standard InChI is InChI=1S/C14H11BrN2O5S/c15-5-1-2-8(18)6(3-5)10-7(13(22)17-14(16)23)4-9(19)11(20)12(10)21/h1-4,18-21H,(H3,16,17,22,23). The Bertz CT molecular complexity index is 825. The van der Waals surface area contributed by atoms with E-state index in [1.54, 1.807) is 6.07 Å². The molecule has 0 unspecified atom stereocenters. The van der Waals surface area contributed by atoms with E-state index in [0.717, 1.165) is 6.07 Å². The highest BCUT2D eigenvalue weighted by molar-refractivity contribution is 9.10. The number of hydrogen-bond donors (Lipinski definition) is 6. The lowest BCUT2D eigenvalue weighted by Gasteiger charge is -2.15. The summed E-state index contributed by atoms with van der Waals surface area (Å²) in [6.45, 7) is 0. The van der Waals surface area contributed by atoms with E-state index in [-0.39, 0.29) is 27.6 Å². The smallest absolute Gasteiger partial charge is 0.258 e. The number of rotatable bonds is 2. The van der Waals surface area contributed by atoms with Crippen LogP contribution in [-0.2, 0) is 0 Å². The van der Waals surface area contributed by atoms with Gasteiger partial charge in [0.1, 0.15) is 5.75 Å². The molecule has 7 nitrogen and oxygen atoms in total. The Labute approximate surface area is 144 Å². The fourth-order valence-corrected chi connectivity index (χ4v) is 2.44. The predicted octanol–water partition coefficient (Wildman–Crippen LogP) is 1.91. The average molecular weight is 399 g/mol. The highest BCUT2D eigenvalue weighted by Crippen LogP contribution is 2.47. The van der Waals surface area contributed by atoms with Gasteiger partial charge in [-0.25, -0.2) is 0 Å². The molecular weight excluding hydrogens is 388 g/mol. The van der Waals surface area contributed by atoms with Crippen molar-refractivity contribution in [2.45, 2.75) is 0 Å². The fraction of sp³-hybridized carbons (Fsp3) is 0. The van der Waals surface area contributed by atoms with Gasteiger partial charge in [-0.1, -0.05) is 15.9 Å². The molecule has 1 amide bonds. The van der Waals surface area contributed by atoms with E-state index in [9.17, 15) is 25.2 Å². The highest BCUT2D eigenvalue weighted by Gasteiger charge is 2.24. The number of phenols is 4. The summed E-state index contributed by atoms with van der Waals surface area (Å²) in [7, 11) is 0. The number of hydrogen-bond acceptors (Lipinski definition) is 6. The van der Waals surface area contributed by atoms with Crippen LogP contribution in [0, 0.1) is 0 Å². The summed E-state index contributed by atoms with van der Waals surface area (Å²) >= 11 is 7.79. The van der Waals surface area contributed by atoms with Gasteiger partial charge in [-0.15, -0.1) is 0 Å². The van der Waals surface area contributed by atoms with Gasteiger partial charge in [-0.3, -0.25) is 10.1 Å². The van der Waals surface area contributed by atoms with Crippen molar-refractivity contribution in [3.05, 3.63) is 34.3 Å². The summed E-state index contributed by atoms with van der Waals surface area (Å²) in [5.41, 5.74) is 4.88. The molecule has 0 aliphatic rings. The first-order valence-electron chi connectivity index (χ1n) is 6.10. The molecule has 0 aromatic heterocycles. The number of benzene rings is 2. The molecule has 0 radical (unpaired) electrons. The normalized spacial score (nSPS) is 10.3. The molecule has 0 spiro atoms. The topological polar surface area (TPSA) is 136 Å². The van der Waals surface area contributed by atoms with Crippen LogP contribution in [0.5, 0.6) is 23.0 Å². The summed E-state index contributed by atoms with van der Waals surface area (Å²) in [4.78, 5) is 12.2. The number of phenolic OH excluding ortho intramolecular Hbond substituents is 4. The maximum Gasteiger partial charge on any atom is 0.258 e. The molecule has 9 heteroatoms. The minimum absolute atomic E-state index is 0.0558. The number of carbonyl (C=O) groups excluding carboxylic acids is 1. The SMILES string of the molecule is NC(=S)NC(=O)c1cc(O)c(O)c(O)c1-c1cc(Br)ccc1O. The number of carbonyl (C=O) groups is 1. The van der Waals surface area contributed by atoms with E-state index in [4.69, 9.17) is 5.73 Å². The zero-order valence-corrected chi connectivity index (χ0v) is 13.8. The molecule has 0 aliphatic heterocycles. The van der Waals surface area contributed by atoms with E-state index < -0.39 is 23.2 Å². The predicted molar refractivity (Wildman–Crippen MR) is 90.5 cm³/mol. The molecule has 2 aromatic rings. The summed E-state index contributed by atoms with van der Waals surface area (Å²) < 4.78 is 0.554. The number of halogens is 1. The third kappa shape index (κ3) is 3.30. The summed E-state index contributed by atoms with van der Waals surface area (Å²) in [5, 5.41) is 41.3. The Balaban J connectivity index is 2.79. The van der Waals surface area contributed by atoms with Gasteiger partial charge in [0, 0.05) is 15.6 Å². The van der Waals surface area contributed by atoms with Gasteiger partial charge in [0.2, 0.25) is 5.75 Å². The number of nitrogens with two attached hydrogens (primary N) is 1. The van der Waals surface area contributed by atoms with Crippen LogP contribution in [0.25, 0.3) is 11.1 Å². The van der Waals surface area contributed by atoms with Crippen LogP contribution >= 0.6 is 28.1 Å². The van der Waals surface area contributed by atoms with Gasteiger partial charge < -0.3 is 26.2 Å². The van der Waals surface area contributed by atoms with Crippen molar-refractivity contribution in [2.24, 2.45) is 5.73 Å². The van der Waals surface area contributed by atoms with Gasteiger partial charge in [-0.05, 0) is 36.5 Å². The molecule has 0 aliphatic carbocycles.